The van der Waals surface area contributed by atoms with Crippen LogP contribution in [0.25, 0.3) is 0 Å². The van der Waals surface area contributed by atoms with Gasteiger partial charge in [0.15, 0.2) is 17.6 Å². The molecule has 1 N–H and O–H groups in total. The van der Waals surface area contributed by atoms with Gasteiger partial charge in [0.05, 0.1) is 20.8 Å². The molecule has 132 valence electrons. The van der Waals surface area contributed by atoms with E-state index in [1.54, 1.807) is 14.2 Å². The topological polar surface area (TPSA) is 56.8 Å². The molecule has 2 aromatic carbocycles. The van der Waals surface area contributed by atoms with Gasteiger partial charge in [-0.05, 0) is 41.7 Å². The summed E-state index contributed by atoms with van der Waals surface area (Å²) in [7, 11) is 3.22. The standard InChI is InChI=1S/C20H23NO4/c1-23-17-8-7-14(13-18(17)24-2)9-11-21-20(22)19-16-6-4-3-5-15(16)10-12-25-19/h3-8,13,19H,9-12H2,1-2H3,(H,21,22)/t19-/m0/s1. The van der Waals surface area contributed by atoms with Gasteiger partial charge in [-0.25, -0.2) is 0 Å². The highest BCUT2D eigenvalue weighted by Gasteiger charge is 2.26. The Morgan fingerprint density at radius 1 is 1.16 bits per heavy atom. The third-order valence-electron chi connectivity index (χ3n) is 4.39. The number of ether oxygens (including phenoxy) is 3. The second kappa shape index (κ2) is 8.03. The van der Waals surface area contributed by atoms with Crippen LogP contribution in [0.1, 0.15) is 22.8 Å². The van der Waals surface area contributed by atoms with E-state index in [4.69, 9.17) is 14.2 Å². The van der Waals surface area contributed by atoms with E-state index in [0.29, 0.717) is 31.1 Å². The molecule has 5 heteroatoms. The SMILES string of the molecule is COc1ccc(CCNC(=O)[C@H]2OCCc3ccccc32)cc1OC. The van der Waals surface area contributed by atoms with Gasteiger partial charge in [-0.15, -0.1) is 0 Å². The predicted molar refractivity (Wildman–Crippen MR) is 95.1 cm³/mol. The van der Waals surface area contributed by atoms with Crippen LogP contribution >= 0.6 is 0 Å². The number of methoxy groups -OCH3 is 2. The van der Waals surface area contributed by atoms with E-state index in [-0.39, 0.29) is 5.91 Å². The summed E-state index contributed by atoms with van der Waals surface area (Å²) in [5.74, 6) is 1.30. The average molecular weight is 341 g/mol. The van der Waals surface area contributed by atoms with Crippen molar-refractivity contribution in [3.8, 4) is 11.5 Å². The maximum atomic E-state index is 12.5. The van der Waals surface area contributed by atoms with E-state index >= 15 is 0 Å². The highest BCUT2D eigenvalue weighted by Crippen LogP contribution is 2.28. The molecule has 1 aliphatic heterocycles. The first-order valence-electron chi connectivity index (χ1n) is 8.41. The number of fused-ring (bicyclic) bond motifs is 1. The zero-order valence-electron chi connectivity index (χ0n) is 14.6. The number of amides is 1. The fourth-order valence-corrected chi connectivity index (χ4v) is 3.07. The molecule has 0 aliphatic carbocycles. The summed E-state index contributed by atoms with van der Waals surface area (Å²) in [6, 6.07) is 13.7. The van der Waals surface area contributed by atoms with Crippen molar-refractivity contribution in [2.24, 2.45) is 0 Å². The van der Waals surface area contributed by atoms with E-state index in [1.807, 2.05) is 36.4 Å². The van der Waals surface area contributed by atoms with Crippen molar-refractivity contribution in [3.05, 3.63) is 59.2 Å². The lowest BCUT2D eigenvalue weighted by molar-refractivity contribution is -0.134. The second-order valence-electron chi connectivity index (χ2n) is 5.93. The van der Waals surface area contributed by atoms with Crippen LogP contribution in [0.5, 0.6) is 11.5 Å². The number of rotatable bonds is 6. The third-order valence-corrected chi connectivity index (χ3v) is 4.39. The zero-order chi connectivity index (χ0) is 17.6. The summed E-state index contributed by atoms with van der Waals surface area (Å²) < 4.78 is 16.2. The number of nitrogens with one attached hydrogen (secondary N) is 1. The van der Waals surface area contributed by atoms with Crippen LogP contribution in [0, 0.1) is 0 Å². The first-order chi connectivity index (χ1) is 12.2. The van der Waals surface area contributed by atoms with Gasteiger partial charge in [-0.3, -0.25) is 4.79 Å². The van der Waals surface area contributed by atoms with E-state index in [1.165, 1.54) is 5.56 Å². The molecule has 1 aliphatic rings. The molecule has 0 saturated heterocycles. The van der Waals surface area contributed by atoms with Gasteiger partial charge in [0.2, 0.25) is 0 Å². The molecule has 2 aromatic rings. The molecule has 1 heterocycles. The molecule has 1 atom stereocenters. The van der Waals surface area contributed by atoms with Gasteiger partial charge < -0.3 is 19.5 Å². The molecule has 0 aromatic heterocycles. The maximum absolute atomic E-state index is 12.5. The number of carbonyl (C=O) groups is 1. The van der Waals surface area contributed by atoms with E-state index in [0.717, 1.165) is 17.5 Å². The molecule has 3 rings (SSSR count). The highest BCUT2D eigenvalue weighted by atomic mass is 16.5. The first-order valence-corrected chi connectivity index (χ1v) is 8.41. The summed E-state index contributed by atoms with van der Waals surface area (Å²) in [5, 5.41) is 2.97. The Labute approximate surface area is 147 Å². The molecule has 0 saturated carbocycles. The molecular weight excluding hydrogens is 318 g/mol. The van der Waals surface area contributed by atoms with Crippen molar-refractivity contribution >= 4 is 5.91 Å². The minimum atomic E-state index is -0.518. The number of benzene rings is 2. The maximum Gasteiger partial charge on any atom is 0.253 e. The lowest BCUT2D eigenvalue weighted by Gasteiger charge is -2.25. The molecule has 0 radical (unpaired) electrons. The van der Waals surface area contributed by atoms with Gasteiger partial charge in [0.1, 0.15) is 0 Å². The Bertz CT molecular complexity index is 744. The predicted octanol–water partition coefficient (Wildman–Crippen LogP) is 2.68. The minimum absolute atomic E-state index is 0.0902. The quantitative estimate of drug-likeness (QED) is 0.878. The van der Waals surface area contributed by atoms with Crippen LogP contribution < -0.4 is 14.8 Å². The van der Waals surface area contributed by atoms with Gasteiger partial charge in [0.25, 0.3) is 5.91 Å². The first kappa shape index (κ1) is 17.3. The van der Waals surface area contributed by atoms with Gasteiger partial charge >= 0.3 is 0 Å². The number of hydrogen-bond donors (Lipinski definition) is 1. The molecule has 0 spiro atoms. The van der Waals surface area contributed by atoms with Crippen LogP contribution in [0.4, 0.5) is 0 Å². The van der Waals surface area contributed by atoms with E-state index in [2.05, 4.69) is 11.4 Å². The van der Waals surface area contributed by atoms with Crippen molar-refractivity contribution in [1.29, 1.82) is 0 Å². The summed E-state index contributed by atoms with van der Waals surface area (Å²) in [5.41, 5.74) is 3.23. The Morgan fingerprint density at radius 2 is 1.96 bits per heavy atom. The fraction of sp³-hybridized carbons (Fsp3) is 0.350. The number of carbonyl (C=O) groups excluding carboxylic acids is 1. The summed E-state index contributed by atoms with van der Waals surface area (Å²) in [6.07, 6.45) is 1.04. The van der Waals surface area contributed by atoms with Crippen LogP contribution in [-0.4, -0.2) is 33.3 Å². The second-order valence-corrected chi connectivity index (χ2v) is 5.93. The van der Waals surface area contributed by atoms with Crippen LogP contribution in [0.2, 0.25) is 0 Å². The van der Waals surface area contributed by atoms with Crippen LogP contribution in [-0.2, 0) is 22.4 Å². The van der Waals surface area contributed by atoms with Crippen molar-refractivity contribution < 1.29 is 19.0 Å². The summed E-state index contributed by atoms with van der Waals surface area (Å²) in [4.78, 5) is 12.5. The monoisotopic (exact) mass is 341 g/mol. The van der Waals surface area contributed by atoms with Gasteiger partial charge in [0, 0.05) is 6.54 Å². The Hall–Kier alpha value is -2.53. The van der Waals surface area contributed by atoms with Crippen molar-refractivity contribution in [2.45, 2.75) is 18.9 Å². The zero-order valence-corrected chi connectivity index (χ0v) is 14.6. The Kier molecular flexibility index (Phi) is 5.56. The third kappa shape index (κ3) is 3.94. The smallest absolute Gasteiger partial charge is 0.253 e. The molecule has 1 amide bonds. The van der Waals surface area contributed by atoms with Crippen molar-refractivity contribution in [1.82, 2.24) is 5.32 Å². The lowest BCUT2D eigenvalue weighted by atomic mass is 9.97. The minimum Gasteiger partial charge on any atom is -0.493 e. The Morgan fingerprint density at radius 3 is 2.76 bits per heavy atom. The molecule has 0 unspecified atom stereocenters. The van der Waals surface area contributed by atoms with Gasteiger partial charge in [-0.1, -0.05) is 30.3 Å². The van der Waals surface area contributed by atoms with Crippen LogP contribution in [0.3, 0.4) is 0 Å². The molecule has 0 fully saturated rings. The Balaban J connectivity index is 1.59. The summed E-state index contributed by atoms with van der Waals surface area (Å²) >= 11 is 0. The largest absolute Gasteiger partial charge is 0.493 e. The summed E-state index contributed by atoms with van der Waals surface area (Å²) in [6.45, 7) is 1.11. The highest BCUT2D eigenvalue weighted by molar-refractivity contribution is 5.82. The fourth-order valence-electron chi connectivity index (χ4n) is 3.07. The molecule has 0 bridgehead atoms. The van der Waals surface area contributed by atoms with Crippen LogP contribution in [0.15, 0.2) is 42.5 Å². The lowest BCUT2D eigenvalue weighted by Crippen LogP contribution is -2.34. The molecule has 25 heavy (non-hydrogen) atoms. The van der Waals surface area contributed by atoms with Crippen molar-refractivity contribution in [2.75, 3.05) is 27.4 Å². The average Bonchev–Trinajstić information content (AvgIpc) is 2.67. The normalized spacial score (nSPS) is 16.0. The molecular formula is C20H23NO4. The van der Waals surface area contributed by atoms with Gasteiger partial charge in [-0.2, -0.15) is 0 Å². The van der Waals surface area contributed by atoms with E-state index < -0.39 is 6.10 Å². The van der Waals surface area contributed by atoms with Crippen molar-refractivity contribution in [3.63, 3.8) is 0 Å². The number of hydrogen-bond acceptors (Lipinski definition) is 4. The van der Waals surface area contributed by atoms with E-state index in [9.17, 15) is 4.79 Å². The molecule has 5 nitrogen and oxygen atoms in total.